The van der Waals surface area contributed by atoms with Gasteiger partial charge < -0.3 is 10.2 Å². The Morgan fingerprint density at radius 3 is 2.82 bits per heavy atom. The summed E-state index contributed by atoms with van der Waals surface area (Å²) in [4.78, 5) is 24.8. The van der Waals surface area contributed by atoms with Crippen molar-refractivity contribution >= 4 is 45.0 Å². The fraction of sp³-hybridized carbons (Fsp3) is 0.273. The SMILES string of the molecule is CC1NC(=O)CN(c2ccc(Cl)cc2Br)C1=O. The lowest BCUT2D eigenvalue weighted by Gasteiger charge is -2.31. The predicted octanol–water partition coefficient (Wildman–Crippen LogP) is 1.95. The minimum Gasteiger partial charge on any atom is -0.343 e. The van der Waals surface area contributed by atoms with E-state index in [1.807, 2.05) is 0 Å². The van der Waals surface area contributed by atoms with Gasteiger partial charge in [-0.2, -0.15) is 0 Å². The molecule has 1 unspecified atom stereocenters. The molecule has 1 aromatic rings. The summed E-state index contributed by atoms with van der Waals surface area (Å²) in [6, 6.07) is 4.60. The van der Waals surface area contributed by atoms with Crippen molar-refractivity contribution in [3.8, 4) is 0 Å². The van der Waals surface area contributed by atoms with Gasteiger partial charge >= 0.3 is 0 Å². The van der Waals surface area contributed by atoms with Crippen LogP contribution >= 0.6 is 27.5 Å². The summed E-state index contributed by atoms with van der Waals surface area (Å²) >= 11 is 9.18. The molecule has 1 N–H and O–H groups in total. The van der Waals surface area contributed by atoms with E-state index in [0.29, 0.717) is 15.2 Å². The summed E-state index contributed by atoms with van der Waals surface area (Å²) in [6.07, 6.45) is 0. The molecule has 90 valence electrons. The normalized spacial score (nSPS) is 20.4. The van der Waals surface area contributed by atoms with Gasteiger partial charge in [0.25, 0.3) is 0 Å². The third kappa shape index (κ3) is 2.45. The summed E-state index contributed by atoms with van der Waals surface area (Å²) in [7, 11) is 0. The number of hydrogen-bond donors (Lipinski definition) is 1. The smallest absolute Gasteiger partial charge is 0.249 e. The summed E-state index contributed by atoms with van der Waals surface area (Å²) < 4.78 is 0.695. The molecule has 0 bridgehead atoms. The number of anilines is 1. The Bertz CT molecular complexity index is 492. The first-order valence-corrected chi connectivity index (χ1v) is 6.22. The molecule has 1 heterocycles. The number of rotatable bonds is 1. The van der Waals surface area contributed by atoms with E-state index >= 15 is 0 Å². The number of benzene rings is 1. The highest BCUT2D eigenvalue weighted by Crippen LogP contribution is 2.30. The van der Waals surface area contributed by atoms with E-state index in [1.165, 1.54) is 4.90 Å². The highest BCUT2D eigenvalue weighted by Gasteiger charge is 2.31. The van der Waals surface area contributed by atoms with Crippen LogP contribution in [0.2, 0.25) is 5.02 Å². The molecular weight excluding hydrogens is 307 g/mol. The number of piperazine rings is 1. The predicted molar refractivity (Wildman–Crippen MR) is 69.1 cm³/mol. The highest BCUT2D eigenvalue weighted by molar-refractivity contribution is 9.10. The average molecular weight is 318 g/mol. The molecule has 1 saturated heterocycles. The fourth-order valence-corrected chi connectivity index (χ4v) is 2.60. The van der Waals surface area contributed by atoms with Gasteiger partial charge in [0.15, 0.2) is 0 Å². The number of nitrogens with one attached hydrogen (secondary N) is 1. The molecule has 6 heteroatoms. The molecule has 2 rings (SSSR count). The number of nitrogens with zero attached hydrogens (tertiary/aromatic N) is 1. The monoisotopic (exact) mass is 316 g/mol. The Hall–Kier alpha value is -1.07. The summed E-state index contributed by atoms with van der Waals surface area (Å²) in [6.45, 7) is 1.69. The van der Waals surface area contributed by atoms with Gasteiger partial charge in [0, 0.05) is 9.50 Å². The molecule has 0 spiro atoms. The first-order chi connectivity index (χ1) is 7.99. The Balaban J connectivity index is 2.38. The van der Waals surface area contributed by atoms with Crippen LogP contribution in [0.25, 0.3) is 0 Å². The van der Waals surface area contributed by atoms with Crippen molar-refractivity contribution in [1.82, 2.24) is 5.32 Å². The van der Waals surface area contributed by atoms with Crippen molar-refractivity contribution in [2.75, 3.05) is 11.4 Å². The zero-order valence-corrected chi connectivity index (χ0v) is 11.4. The molecule has 1 fully saturated rings. The minimum absolute atomic E-state index is 0.0312. The second-order valence-corrected chi connectivity index (χ2v) is 5.10. The Morgan fingerprint density at radius 2 is 2.18 bits per heavy atom. The summed E-state index contributed by atoms with van der Waals surface area (Å²) in [5.74, 6) is -0.299. The molecule has 0 aromatic heterocycles. The molecule has 1 atom stereocenters. The molecule has 0 radical (unpaired) electrons. The standard InChI is InChI=1S/C11H10BrClN2O2/c1-6-11(17)15(5-10(16)14-6)9-3-2-7(13)4-8(9)12/h2-4,6H,5H2,1H3,(H,14,16). The van der Waals surface area contributed by atoms with Crippen LogP contribution in [0.1, 0.15) is 6.92 Å². The third-order valence-electron chi connectivity index (χ3n) is 2.52. The van der Waals surface area contributed by atoms with Crippen molar-refractivity contribution in [3.63, 3.8) is 0 Å². The number of hydrogen-bond acceptors (Lipinski definition) is 2. The van der Waals surface area contributed by atoms with E-state index in [1.54, 1.807) is 25.1 Å². The van der Waals surface area contributed by atoms with Crippen LogP contribution in [0.4, 0.5) is 5.69 Å². The maximum absolute atomic E-state index is 12.0. The topological polar surface area (TPSA) is 49.4 Å². The van der Waals surface area contributed by atoms with Gasteiger partial charge in [0.2, 0.25) is 11.8 Å². The van der Waals surface area contributed by atoms with Crippen LogP contribution in [-0.2, 0) is 9.59 Å². The van der Waals surface area contributed by atoms with E-state index in [-0.39, 0.29) is 18.4 Å². The van der Waals surface area contributed by atoms with Crippen molar-refractivity contribution in [2.45, 2.75) is 13.0 Å². The maximum atomic E-state index is 12.0. The van der Waals surface area contributed by atoms with Crippen molar-refractivity contribution in [2.24, 2.45) is 0 Å². The van der Waals surface area contributed by atoms with E-state index < -0.39 is 6.04 Å². The van der Waals surface area contributed by atoms with Gasteiger partial charge in [0.05, 0.1) is 5.69 Å². The van der Waals surface area contributed by atoms with E-state index in [0.717, 1.165) is 0 Å². The number of halogens is 2. The second-order valence-electron chi connectivity index (χ2n) is 3.81. The highest BCUT2D eigenvalue weighted by atomic mass is 79.9. The van der Waals surface area contributed by atoms with Gasteiger partial charge in [-0.25, -0.2) is 0 Å². The molecule has 0 saturated carbocycles. The van der Waals surface area contributed by atoms with Gasteiger partial charge in [-0.1, -0.05) is 11.6 Å². The number of amides is 2. The maximum Gasteiger partial charge on any atom is 0.249 e. The quantitative estimate of drug-likeness (QED) is 0.861. The number of carbonyl (C=O) groups is 2. The third-order valence-corrected chi connectivity index (χ3v) is 3.39. The Labute approximate surface area is 112 Å². The van der Waals surface area contributed by atoms with Gasteiger partial charge in [-0.3, -0.25) is 9.59 Å². The lowest BCUT2D eigenvalue weighted by Crippen LogP contribution is -2.57. The van der Waals surface area contributed by atoms with Crippen LogP contribution in [-0.4, -0.2) is 24.4 Å². The first kappa shape index (κ1) is 12.4. The zero-order valence-electron chi connectivity index (χ0n) is 9.04. The summed E-state index contributed by atoms with van der Waals surface area (Å²) in [5, 5.41) is 3.16. The number of carbonyl (C=O) groups excluding carboxylic acids is 2. The van der Waals surface area contributed by atoms with Gasteiger partial charge in [-0.15, -0.1) is 0 Å². The zero-order chi connectivity index (χ0) is 12.6. The van der Waals surface area contributed by atoms with E-state index in [9.17, 15) is 9.59 Å². The van der Waals surface area contributed by atoms with Crippen molar-refractivity contribution in [1.29, 1.82) is 0 Å². The fourth-order valence-electron chi connectivity index (χ4n) is 1.71. The van der Waals surface area contributed by atoms with Crippen molar-refractivity contribution in [3.05, 3.63) is 27.7 Å². The van der Waals surface area contributed by atoms with E-state index in [2.05, 4.69) is 21.2 Å². The lowest BCUT2D eigenvalue weighted by atomic mass is 10.2. The molecule has 1 aliphatic heterocycles. The molecule has 4 nitrogen and oxygen atoms in total. The lowest BCUT2D eigenvalue weighted by molar-refractivity contribution is -0.130. The molecular formula is C11H10BrClN2O2. The Kier molecular flexibility index (Phi) is 3.40. The largest absolute Gasteiger partial charge is 0.343 e. The molecule has 17 heavy (non-hydrogen) atoms. The molecule has 1 aliphatic rings. The van der Waals surface area contributed by atoms with Crippen LogP contribution < -0.4 is 10.2 Å². The van der Waals surface area contributed by atoms with Crippen LogP contribution in [0, 0.1) is 0 Å². The summed E-state index contributed by atoms with van der Waals surface area (Å²) in [5.41, 5.74) is 0.654. The average Bonchev–Trinajstić information content (AvgIpc) is 2.24. The Morgan fingerprint density at radius 1 is 1.47 bits per heavy atom. The molecule has 0 aliphatic carbocycles. The first-order valence-electron chi connectivity index (χ1n) is 5.05. The molecule has 2 amide bonds. The van der Waals surface area contributed by atoms with Gasteiger partial charge in [-0.05, 0) is 41.1 Å². The van der Waals surface area contributed by atoms with Crippen LogP contribution in [0.5, 0.6) is 0 Å². The molecule has 1 aromatic carbocycles. The van der Waals surface area contributed by atoms with Gasteiger partial charge in [0.1, 0.15) is 12.6 Å². The van der Waals surface area contributed by atoms with Crippen LogP contribution in [0.15, 0.2) is 22.7 Å². The van der Waals surface area contributed by atoms with E-state index in [4.69, 9.17) is 11.6 Å². The second kappa shape index (κ2) is 4.66. The van der Waals surface area contributed by atoms with Crippen molar-refractivity contribution < 1.29 is 9.59 Å². The minimum atomic E-state index is -0.501. The van der Waals surface area contributed by atoms with Crippen LogP contribution in [0.3, 0.4) is 0 Å².